The standard InChI is InChI=1S/C17H22N4O/c1-11-12(2)19-13(3)20-17(11)21-16-10-22-9-15(16)8-14-4-6-18-7-5-14/h4-7,15-16H,8-10H2,1-3H3,(H,19,20,21)/t15-,16-/m1/s1. The van der Waals surface area contributed by atoms with Gasteiger partial charge in [0.2, 0.25) is 0 Å². The molecule has 2 atom stereocenters. The predicted molar refractivity (Wildman–Crippen MR) is 85.9 cm³/mol. The Morgan fingerprint density at radius 3 is 2.68 bits per heavy atom. The first-order valence-electron chi connectivity index (χ1n) is 7.68. The van der Waals surface area contributed by atoms with E-state index in [1.165, 1.54) is 5.56 Å². The van der Waals surface area contributed by atoms with Gasteiger partial charge in [-0.2, -0.15) is 0 Å². The van der Waals surface area contributed by atoms with Crippen molar-refractivity contribution in [2.45, 2.75) is 33.2 Å². The van der Waals surface area contributed by atoms with Gasteiger partial charge in [0.05, 0.1) is 19.3 Å². The third-order valence-electron chi connectivity index (χ3n) is 4.27. The quantitative estimate of drug-likeness (QED) is 0.939. The van der Waals surface area contributed by atoms with Crippen LogP contribution < -0.4 is 5.32 Å². The number of rotatable bonds is 4. The maximum atomic E-state index is 5.69. The highest BCUT2D eigenvalue weighted by atomic mass is 16.5. The van der Waals surface area contributed by atoms with Crippen LogP contribution in [0.15, 0.2) is 24.5 Å². The van der Waals surface area contributed by atoms with E-state index in [2.05, 4.69) is 39.3 Å². The molecule has 22 heavy (non-hydrogen) atoms. The minimum Gasteiger partial charge on any atom is -0.379 e. The molecule has 3 heterocycles. The van der Waals surface area contributed by atoms with Crippen LogP contribution in [0.4, 0.5) is 5.82 Å². The molecule has 3 rings (SSSR count). The van der Waals surface area contributed by atoms with E-state index >= 15 is 0 Å². The molecule has 2 aromatic rings. The minimum atomic E-state index is 0.278. The van der Waals surface area contributed by atoms with Crippen molar-refractivity contribution >= 4 is 5.82 Å². The van der Waals surface area contributed by atoms with E-state index in [1.807, 2.05) is 26.2 Å². The van der Waals surface area contributed by atoms with Crippen LogP contribution in [0, 0.1) is 26.7 Å². The summed E-state index contributed by atoms with van der Waals surface area (Å²) in [5.41, 5.74) is 3.43. The van der Waals surface area contributed by atoms with Gasteiger partial charge in [-0.05, 0) is 44.9 Å². The first-order valence-corrected chi connectivity index (χ1v) is 7.68. The molecule has 1 saturated heterocycles. The van der Waals surface area contributed by atoms with Gasteiger partial charge in [0.1, 0.15) is 11.6 Å². The van der Waals surface area contributed by atoms with Crippen LogP contribution in [0.1, 0.15) is 22.6 Å². The molecule has 1 N–H and O–H groups in total. The Balaban J connectivity index is 1.74. The Morgan fingerprint density at radius 1 is 1.14 bits per heavy atom. The summed E-state index contributed by atoms with van der Waals surface area (Å²) < 4.78 is 5.69. The zero-order valence-electron chi connectivity index (χ0n) is 13.3. The van der Waals surface area contributed by atoms with Crippen molar-refractivity contribution in [1.29, 1.82) is 0 Å². The van der Waals surface area contributed by atoms with Crippen LogP contribution in [-0.4, -0.2) is 34.2 Å². The number of aryl methyl sites for hydroxylation is 2. The SMILES string of the molecule is Cc1nc(C)c(C)c(N[C@@H]2COC[C@H]2Cc2ccncc2)n1. The van der Waals surface area contributed by atoms with Crippen LogP contribution in [0.25, 0.3) is 0 Å². The lowest BCUT2D eigenvalue weighted by molar-refractivity contribution is 0.185. The maximum absolute atomic E-state index is 5.69. The molecular formula is C17H22N4O. The number of pyridine rings is 1. The first-order chi connectivity index (χ1) is 10.6. The van der Waals surface area contributed by atoms with Crippen LogP contribution in [-0.2, 0) is 11.2 Å². The second-order valence-electron chi connectivity index (χ2n) is 5.94. The highest BCUT2D eigenvalue weighted by molar-refractivity contribution is 5.46. The second kappa shape index (κ2) is 6.40. The number of hydrogen-bond donors (Lipinski definition) is 1. The summed E-state index contributed by atoms with van der Waals surface area (Å²) in [4.78, 5) is 13.0. The van der Waals surface area contributed by atoms with Crippen LogP contribution in [0.5, 0.6) is 0 Å². The summed E-state index contributed by atoms with van der Waals surface area (Å²) in [5, 5.41) is 3.57. The van der Waals surface area contributed by atoms with E-state index in [4.69, 9.17) is 4.74 Å². The lowest BCUT2D eigenvalue weighted by Crippen LogP contribution is -2.30. The molecule has 0 saturated carbocycles. The number of nitrogens with zero attached hydrogens (tertiary/aromatic N) is 3. The van der Waals surface area contributed by atoms with Crippen molar-refractivity contribution < 1.29 is 4.74 Å². The number of anilines is 1. The number of hydrogen-bond acceptors (Lipinski definition) is 5. The molecule has 116 valence electrons. The first kappa shape index (κ1) is 14.9. The predicted octanol–water partition coefficient (Wildman–Crippen LogP) is 2.47. The summed E-state index contributed by atoms with van der Waals surface area (Å²) in [6.45, 7) is 7.51. The fourth-order valence-corrected chi connectivity index (χ4v) is 2.87. The molecule has 0 aromatic carbocycles. The van der Waals surface area contributed by atoms with Crippen LogP contribution >= 0.6 is 0 Å². The third-order valence-corrected chi connectivity index (χ3v) is 4.27. The fourth-order valence-electron chi connectivity index (χ4n) is 2.87. The lowest BCUT2D eigenvalue weighted by Gasteiger charge is -2.21. The Hall–Kier alpha value is -2.01. The van der Waals surface area contributed by atoms with E-state index in [0.717, 1.165) is 42.5 Å². The summed E-state index contributed by atoms with van der Waals surface area (Å²) in [6.07, 6.45) is 4.67. The van der Waals surface area contributed by atoms with Gasteiger partial charge in [0, 0.05) is 29.6 Å². The average molecular weight is 298 g/mol. The molecule has 1 fully saturated rings. The van der Waals surface area contributed by atoms with E-state index in [-0.39, 0.29) is 6.04 Å². The van der Waals surface area contributed by atoms with E-state index in [0.29, 0.717) is 5.92 Å². The summed E-state index contributed by atoms with van der Waals surface area (Å²) >= 11 is 0. The van der Waals surface area contributed by atoms with E-state index in [9.17, 15) is 0 Å². The number of ether oxygens (including phenoxy) is 1. The average Bonchev–Trinajstić information content (AvgIpc) is 2.92. The zero-order valence-corrected chi connectivity index (χ0v) is 13.3. The van der Waals surface area contributed by atoms with E-state index < -0.39 is 0 Å². The highest BCUT2D eigenvalue weighted by Crippen LogP contribution is 2.24. The molecule has 0 amide bonds. The van der Waals surface area contributed by atoms with E-state index in [1.54, 1.807) is 0 Å². The Kier molecular flexibility index (Phi) is 4.34. The highest BCUT2D eigenvalue weighted by Gasteiger charge is 2.29. The molecule has 5 nitrogen and oxygen atoms in total. The summed E-state index contributed by atoms with van der Waals surface area (Å²) in [5.74, 6) is 2.17. The lowest BCUT2D eigenvalue weighted by atomic mass is 9.95. The van der Waals surface area contributed by atoms with Crippen molar-refractivity contribution in [2.24, 2.45) is 5.92 Å². The molecule has 0 aliphatic carbocycles. The molecule has 5 heteroatoms. The Bertz CT molecular complexity index is 645. The molecule has 0 spiro atoms. The molecule has 0 bridgehead atoms. The third kappa shape index (κ3) is 3.25. The van der Waals surface area contributed by atoms with Crippen molar-refractivity contribution in [3.63, 3.8) is 0 Å². The van der Waals surface area contributed by atoms with Gasteiger partial charge in [0.15, 0.2) is 0 Å². The molecule has 2 aromatic heterocycles. The zero-order chi connectivity index (χ0) is 15.5. The summed E-state index contributed by atoms with van der Waals surface area (Å²) in [7, 11) is 0. The minimum absolute atomic E-state index is 0.278. The van der Waals surface area contributed by atoms with Crippen molar-refractivity contribution in [1.82, 2.24) is 15.0 Å². The molecular weight excluding hydrogens is 276 g/mol. The Morgan fingerprint density at radius 2 is 1.91 bits per heavy atom. The smallest absolute Gasteiger partial charge is 0.133 e. The van der Waals surface area contributed by atoms with Crippen molar-refractivity contribution in [3.8, 4) is 0 Å². The second-order valence-corrected chi connectivity index (χ2v) is 5.94. The van der Waals surface area contributed by atoms with Gasteiger partial charge in [-0.15, -0.1) is 0 Å². The maximum Gasteiger partial charge on any atom is 0.133 e. The Labute approximate surface area is 131 Å². The van der Waals surface area contributed by atoms with Gasteiger partial charge < -0.3 is 10.1 Å². The van der Waals surface area contributed by atoms with Gasteiger partial charge >= 0.3 is 0 Å². The van der Waals surface area contributed by atoms with Gasteiger partial charge in [0.25, 0.3) is 0 Å². The van der Waals surface area contributed by atoms with Crippen molar-refractivity contribution in [2.75, 3.05) is 18.5 Å². The van der Waals surface area contributed by atoms with Crippen LogP contribution in [0.2, 0.25) is 0 Å². The molecule has 1 aliphatic heterocycles. The molecule has 1 aliphatic rings. The van der Waals surface area contributed by atoms with Gasteiger partial charge in [-0.1, -0.05) is 0 Å². The topological polar surface area (TPSA) is 59.9 Å². The molecule has 0 radical (unpaired) electrons. The van der Waals surface area contributed by atoms with Crippen molar-refractivity contribution in [3.05, 3.63) is 47.2 Å². The number of nitrogens with one attached hydrogen (secondary N) is 1. The largest absolute Gasteiger partial charge is 0.379 e. The van der Waals surface area contributed by atoms with Gasteiger partial charge in [-0.25, -0.2) is 9.97 Å². The number of aromatic nitrogens is 3. The van der Waals surface area contributed by atoms with Crippen LogP contribution in [0.3, 0.4) is 0 Å². The van der Waals surface area contributed by atoms with Gasteiger partial charge in [-0.3, -0.25) is 4.98 Å². The fraction of sp³-hybridized carbons (Fsp3) is 0.471. The molecule has 0 unspecified atom stereocenters. The monoisotopic (exact) mass is 298 g/mol. The summed E-state index contributed by atoms with van der Waals surface area (Å²) in [6, 6.07) is 4.42. The normalized spacial score (nSPS) is 21.0.